The fourth-order valence-corrected chi connectivity index (χ4v) is 3.48. The summed E-state index contributed by atoms with van der Waals surface area (Å²) in [6.45, 7) is 4.62. The Hall–Kier alpha value is -0.460. The van der Waals surface area contributed by atoms with E-state index in [1.165, 1.54) is 12.1 Å². The molecule has 0 amide bonds. The first-order valence-corrected chi connectivity index (χ1v) is 8.49. The van der Waals surface area contributed by atoms with Crippen LogP contribution in [0.1, 0.15) is 26.7 Å². The molecule has 6 heteroatoms. The van der Waals surface area contributed by atoms with Crippen LogP contribution >= 0.6 is 15.9 Å². The van der Waals surface area contributed by atoms with Crippen LogP contribution in [0.4, 0.5) is 4.39 Å². The third-order valence-corrected chi connectivity index (χ3v) is 5.97. The number of rotatable bonds is 5. The fourth-order valence-electron chi connectivity index (χ4n) is 2.08. The highest BCUT2D eigenvalue weighted by Crippen LogP contribution is 2.51. The Kier molecular flexibility index (Phi) is 4.05. The van der Waals surface area contributed by atoms with Crippen LogP contribution in [-0.4, -0.2) is 15.0 Å². The van der Waals surface area contributed by atoms with Crippen molar-refractivity contribution in [1.29, 1.82) is 0 Å². The highest BCUT2D eigenvalue weighted by Gasteiger charge is 2.45. The van der Waals surface area contributed by atoms with E-state index in [1.807, 2.05) is 0 Å². The second kappa shape index (κ2) is 5.14. The molecule has 0 spiro atoms. The monoisotopic (exact) mass is 349 g/mol. The summed E-state index contributed by atoms with van der Waals surface area (Å²) in [7, 11) is -3.64. The summed E-state index contributed by atoms with van der Waals surface area (Å²) in [5, 5.41) is 0. The van der Waals surface area contributed by atoms with E-state index in [0.29, 0.717) is 12.5 Å². The zero-order valence-electron chi connectivity index (χ0n) is 10.9. The summed E-state index contributed by atoms with van der Waals surface area (Å²) >= 11 is 3.01. The molecular formula is C13H17BrFNO2S. The van der Waals surface area contributed by atoms with E-state index < -0.39 is 15.8 Å². The molecule has 1 N–H and O–H groups in total. The van der Waals surface area contributed by atoms with Crippen LogP contribution in [-0.2, 0) is 10.0 Å². The van der Waals surface area contributed by atoms with Gasteiger partial charge in [-0.15, -0.1) is 0 Å². The quantitative estimate of drug-likeness (QED) is 0.886. The highest BCUT2D eigenvalue weighted by atomic mass is 79.9. The van der Waals surface area contributed by atoms with Gasteiger partial charge in [0.2, 0.25) is 10.0 Å². The third kappa shape index (κ3) is 3.17. The number of benzene rings is 1. The van der Waals surface area contributed by atoms with E-state index in [2.05, 4.69) is 34.5 Å². The van der Waals surface area contributed by atoms with Gasteiger partial charge in [0.1, 0.15) is 5.82 Å². The van der Waals surface area contributed by atoms with Gasteiger partial charge in [0.05, 0.1) is 9.37 Å². The van der Waals surface area contributed by atoms with Crippen LogP contribution < -0.4 is 4.72 Å². The number of hydrogen-bond donors (Lipinski definition) is 1. The van der Waals surface area contributed by atoms with Crippen LogP contribution in [0.3, 0.4) is 0 Å². The first-order valence-electron chi connectivity index (χ1n) is 6.22. The number of hydrogen-bond acceptors (Lipinski definition) is 2. The molecule has 2 rings (SSSR count). The smallest absolute Gasteiger partial charge is 0.211 e. The fraction of sp³-hybridized carbons (Fsp3) is 0.538. The van der Waals surface area contributed by atoms with Gasteiger partial charge in [0.15, 0.2) is 0 Å². The summed E-state index contributed by atoms with van der Waals surface area (Å²) in [4.78, 5) is -0.0345. The summed E-state index contributed by atoms with van der Waals surface area (Å²) in [5.74, 6) is -0.135. The van der Waals surface area contributed by atoms with Gasteiger partial charge in [-0.3, -0.25) is 0 Å². The molecule has 0 aliphatic heterocycles. The summed E-state index contributed by atoms with van der Waals surface area (Å²) < 4.78 is 40.4. The minimum atomic E-state index is -3.64. The van der Waals surface area contributed by atoms with E-state index in [0.717, 1.165) is 18.9 Å². The molecule has 3 nitrogen and oxygen atoms in total. The molecular weight excluding hydrogens is 333 g/mol. The van der Waals surface area contributed by atoms with Gasteiger partial charge in [-0.05, 0) is 58.3 Å². The molecule has 1 aliphatic rings. The minimum absolute atomic E-state index is 0.0345. The van der Waals surface area contributed by atoms with Crippen molar-refractivity contribution in [2.24, 2.45) is 11.3 Å². The largest absolute Gasteiger partial charge is 0.240 e. The van der Waals surface area contributed by atoms with Gasteiger partial charge < -0.3 is 0 Å². The van der Waals surface area contributed by atoms with Crippen molar-refractivity contribution in [3.8, 4) is 0 Å². The maximum atomic E-state index is 13.4. The van der Waals surface area contributed by atoms with Crippen LogP contribution in [0, 0.1) is 17.2 Å². The summed E-state index contributed by atoms with van der Waals surface area (Å²) in [6, 6.07) is 3.82. The van der Waals surface area contributed by atoms with Crippen LogP contribution in [0.25, 0.3) is 0 Å². The van der Waals surface area contributed by atoms with Crippen molar-refractivity contribution in [3.63, 3.8) is 0 Å². The molecule has 0 atom stereocenters. The lowest BCUT2D eigenvalue weighted by Crippen LogP contribution is -2.32. The van der Waals surface area contributed by atoms with Gasteiger partial charge in [-0.25, -0.2) is 17.5 Å². The van der Waals surface area contributed by atoms with E-state index >= 15 is 0 Å². The molecule has 0 aromatic heterocycles. The van der Waals surface area contributed by atoms with Crippen LogP contribution in [0.15, 0.2) is 27.6 Å². The minimum Gasteiger partial charge on any atom is -0.211 e. The summed E-state index contributed by atoms with van der Waals surface area (Å²) in [6.07, 6.45) is 2.09. The Bertz CT molecular complexity index is 582. The Balaban J connectivity index is 2.12. The molecule has 0 radical (unpaired) electrons. The second-order valence-electron chi connectivity index (χ2n) is 5.42. The maximum absolute atomic E-state index is 13.4. The maximum Gasteiger partial charge on any atom is 0.240 e. The Morgan fingerprint density at radius 3 is 2.53 bits per heavy atom. The molecule has 1 aromatic carbocycles. The number of sulfonamides is 1. The normalized spacial score (nSPS) is 17.7. The molecule has 1 fully saturated rings. The first kappa shape index (κ1) is 14.9. The average molecular weight is 350 g/mol. The highest BCUT2D eigenvalue weighted by molar-refractivity contribution is 9.10. The molecule has 1 saturated carbocycles. The predicted octanol–water partition coefficient (Wildman–Crippen LogP) is 3.30. The third-order valence-electron chi connectivity index (χ3n) is 3.93. The van der Waals surface area contributed by atoms with Gasteiger partial charge in [0, 0.05) is 6.54 Å². The van der Waals surface area contributed by atoms with Crippen molar-refractivity contribution in [2.75, 3.05) is 6.54 Å². The molecule has 1 aliphatic carbocycles. The summed E-state index contributed by atoms with van der Waals surface area (Å²) in [5.41, 5.74) is 0.0843. The van der Waals surface area contributed by atoms with Gasteiger partial charge in [-0.1, -0.05) is 13.8 Å². The van der Waals surface area contributed by atoms with Crippen molar-refractivity contribution in [3.05, 3.63) is 28.5 Å². The molecule has 106 valence electrons. The number of halogens is 2. The average Bonchev–Trinajstić information content (AvgIpc) is 3.11. The van der Waals surface area contributed by atoms with Crippen LogP contribution in [0.5, 0.6) is 0 Å². The zero-order chi connectivity index (χ0) is 14.3. The molecule has 0 unspecified atom stereocenters. The predicted molar refractivity (Wildman–Crippen MR) is 75.8 cm³/mol. The second-order valence-corrected chi connectivity index (χ2v) is 8.04. The topological polar surface area (TPSA) is 46.2 Å². The molecule has 0 bridgehead atoms. The number of nitrogens with one attached hydrogen (secondary N) is 1. The molecule has 0 heterocycles. The Morgan fingerprint density at radius 2 is 2.05 bits per heavy atom. The van der Waals surface area contributed by atoms with E-state index in [4.69, 9.17) is 0 Å². The Labute approximate surface area is 121 Å². The van der Waals surface area contributed by atoms with Crippen molar-refractivity contribution in [2.45, 2.75) is 31.6 Å². The first-order chi connectivity index (χ1) is 8.77. The molecule has 19 heavy (non-hydrogen) atoms. The zero-order valence-corrected chi connectivity index (χ0v) is 13.3. The Morgan fingerprint density at radius 1 is 1.42 bits per heavy atom. The SMILES string of the molecule is CC(C)C1(CNS(=O)(=O)c2ccc(Br)c(F)c2)CC1. The molecule has 1 aromatic rings. The van der Waals surface area contributed by atoms with Crippen molar-refractivity contribution >= 4 is 26.0 Å². The lowest BCUT2D eigenvalue weighted by molar-refractivity contribution is 0.357. The van der Waals surface area contributed by atoms with E-state index in [1.54, 1.807) is 0 Å². The van der Waals surface area contributed by atoms with Gasteiger partial charge in [0.25, 0.3) is 0 Å². The van der Waals surface area contributed by atoms with Crippen molar-refractivity contribution < 1.29 is 12.8 Å². The van der Waals surface area contributed by atoms with Gasteiger partial charge in [-0.2, -0.15) is 0 Å². The van der Waals surface area contributed by atoms with Crippen molar-refractivity contribution in [1.82, 2.24) is 4.72 Å². The molecule has 0 saturated heterocycles. The van der Waals surface area contributed by atoms with E-state index in [-0.39, 0.29) is 14.8 Å². The van der Waals surface area contributed by atoms with Gasteiger partial charge >= 0.3 is 0 Å². The lowest BCUT2D eigenvalue weighted by atomic mass is 9.93. The lowest BCUT2D eigenvalue weighted by Gasteiger charge is -2.20. The van der Waals surface area contributed by atoms with E-state index in [9.17, 15) is 12.8 Å². The van der Waals surface area contributed by atoms with Crippen LogP contribution in [0.2, 0.25) is 0 Å². The standard InChI is InChI=1S/C13H17BrFNO2S/c1-9(2)13(5-6-13)8-16-19(17,18)10-3-4-11(14)12(15)7-10/h3-4,7,9,16H,5-6,8H2,1-2H3.